The molecule has 32 heavy (non-hydrogen) atoms. The van der Waals surface area contributed by atoms with Crippen LogP contribution in [0, 0.1) is 5.92 Å². The van der Waals surface area contributed by atoms with Crippen molar-refractivity contribution in [3.63, 3.8) is 0 Å². The summed E-state index contributed by atoms with van der Waals surface area (Å²) in [6.45, 7) is 3.90. The van der Waals surface area contributed by atoms with Crippen LogP contribution >= 0.6 is 24.0 Å². The Morgan fingerprint density at radius 3 is 2.38 bits per heavy atom. The monoisotopic (exact) mass is 548 g/mol. The van der Waals surface area contributed by atoms with Gasteiger partial charge in [-0.25, -0.2) is 0 Å². The third kappa shape index (κ3) is 5.47. The van der Waals surface area contributed by atoms with Gasteiger partial charge in [-0.05, 0) is 24.1 Å². The first-order valence-electron chi connectivity index (χ1n) is 10.7. The number of ether oxygens (including phenoxy) is 1. The second-order valence-corrected chi connectivity index (χ2v) is 7.88. The number of amides is 2. The van der Waals surface area contributed by atoms with Crippen molar-refractivity contribution in [3.05, 3.63) is 71.3 Å². The zero-order valence-corrected chi connectivity index (χ0v) is 20.5. The topological polar surface area (TPSA) is 74.2 Å². The molecular formula is C24H29IN4O3. The third-order valence-corrected chi connectivity index (χ3v) is 5.76. The van der Waals surface area contributed by atoms with Crippen molar-refractivity contribution in [1.29, 1.82) is 0 Å². The van der Waals surface area contributed by atoms with Crippen LogP contribution in [0.5, 0.6) is 0 Å². The zero-order chi connectivity index (χ0) is 21.6. The molecule has 8 heteroatoms. The van der Waals surface area contributed by atoms with E-state index in [1.165, 1.54) is 10.5 Å². The number of carbonyl (C=O) groups is 2. The number of nitrogens with zero attached hydrogens (tertiary/aromatic N) is 3. The Bertz CT molecular complexity index is 932. The van der Waals surface area contributed by atoms with Gasteiger partial charge in [0.05, 0.1) is 24.3 Å². The van der Waals surface area contributed by atoms with E-state index in [4.69, 9.17) is 4.74 Å². The van der Waals surface area contributed by atoms with E-state index in [1.807, 2.05) is 18.2 Å². The molecule has 0 saturated carbocycles. The summed E-state index contributed by atoms with van der Waals surface area (Å²) in [6, 6.07) is 17.1. The summed E-state index contributed by atoms with van der Waals surface area (Å²) < 4.78 is 5.90. The minimum atomic E-state index is -0.228. The molecule has 2 aromatic rings. The van der Waals surface area contributed by atoms with E-state index in [9.17, 15) is 9.59 Å². The van der Waals surface area contributed by atoms with Crippen LogP contribution in [0.15, 0.2) is 59.6 Å². The molecule has 1 N–H and O–H groups in total. The van der Waals surface area contributed by atoms with E-state index in [-0.39, 0.29) is 35.8 Å². The van der Waals surface area contributed by atoms with Gasteiger partial charge < -0.3 is 15.0 Å². The number of fused-ring (bicyclic) bond motifs is 1. The Hall–Kier alpha value is -2.46. The van der Waals surface area contributed by atoms with Crippen LogP contribution in [-0.2, 0) is 11.3 Å². The SMILES string of the molecule is CN=C(NCCN1C(=O)c2ccccc2C1=O)N1CCC(COCc2ccccc2)C1.I. The molecule has 1 fully saturated rings. The highest BCUT2D eigenvalue weighted by atomic mass is 127. The van der Waals surface area contributed by atoms with Gasteiger partial charge in [0, 0.05) is 39.1 Å². The molecule has 0 aliphatic carbocycles. The Morgan fingerprint density at radius 1 is 1.06 bits per heavy atom. The number of nitrogens with one attached hydrogen (secondary N) is 1. The smallest absolute Gasteiger partial charge is 0.261 e. The summed E-state index contributed by atoms with van der Waals surface area (Å²) in [5, 5.41) is 3.30. The minimum absolute atomic E-state index is 0. The molecule has 1 atom stereocenters. The van der Waals surface area contributed by atoms with Crippen molar-refractivity contribution >= 4 is 41.8 Å². The van der Waals surface area contributed by atoms with E-state index >= 15 is 0 Å². The van der Waals surface area contributed by atoms with Gasteiger partial charge in [0.15, 0.2) is 5.96 Å². The summed E-state index contributed by atoms with van der Waals surface area (Å²) in [5.41, 5.74) is 2.15. The summed E-state index contributed by atoms with van der Waals surface area (Å²) in [5.74, 6) is 0.795. The molecular weight excluding hydrogens is 519 g/mol. The summed E-state index contributed by atoms with van der Waals surface area (Å²) >= 11 is 0. The van der Waals surface area contributed by atoms with Crippen LogP contribution in [0.4, 0.5) is 0 Å². The lowest BCUT2D eigenvalue weighted by molar-refractivity contribution is 0.0657. The van der Waals surface area contributed by atoms with Crippen LogP contribution in [0.2, 0.25) is 0 Å². The molecule has 0 bridgehead atoms. The van der Waals surface area contributed by atoms with E-state index in [1.54, 1.807) is 31.3 Å². The number of likely N-dealkylation sites (tertiary alicyclic amines) is 1. The second-order valence-electron chi connectivity index (χ2n) is 7.88. The molecule has 1 saturated heterocycles. The quantitative estimate of drug-likeness (QED) is 0.249. The maximum Gasteiger partial charge on any atom is 0.261 e. The molecule has 7 nitrogen and oxygen atoms in total. The number of hydrogen-bond donors (Lipinski definition) is 1. The van der Waals surface area contributed by atoms with Gasteiger partial charge in [-0.15, -0.1) is 24.0 Å². The number of halogens is 1. The van der Waals surface area contributed by atoms with Crippen LogP contribution in [0.25, 0.3) is 0 Å². The van der Waals surface area contributed by atoms with E-state index in [2.05, 4.69) is 27.3 Å². The summed E-state index contributed by atoms with van der Waals surface area (Å²) in [7, 11) is 1.75. The van der Waals surface area contributed by atoms with Crippen molar-refractivity contribution in [2.45, 2.75) is 13.0 Å². The fourth-order valence-electron chi connectivity index (χ4n) is 4.13. The highest BCUT2D eigenvalue weighted by Gasteiger charge is 2.34. The third-order valence-electron chi connectivity index (χ3n) is 5.76. The Labute approximate surface area is 205 Å². The van der Waals surface area contributed by atoms with Gasteiger partial charge in [-0.1, -0.05) is 42.5 Å². The lowest BCUT2D eigenvalue weighted by Crippen LogP contribution is -2.44. The maximum absolute atomic E-state index is 12.5. The first-order chi connectivity index (χ1) is 15.2. The van der Waals surface area contributed by atoms with Crippen LogP contribution in [0.3, 0.4) is 0 Å². The molecule has 2 amide bonds. The van der Waals surface area contributed by atoms with Crippen molar-refractivity contribution in [2.75, 3.05) is 39.8 Å². The highest BCUT2D eigenvalue weighted by molar-refractivity contribution is 14.0. The summed E-state index contributed by atoms with van der Waals surface area (Å²) in [4.78, 5) is 32.8. The van der Waals surface area contributed by atoms with E-state index in [0.29, 0.717) is 36.7 Å². The van der Waals surface area contributed by atoms with E-state index in [0.717, 1.165) is 32.1 Å². The highest BCUT2D eigenvalue weighted by Crippen LogP contribution is 2.22. The molecule has 170 valence electrons. The fraction of sp³-hybridized carbons (Fsp3) is 0.375. The number of aliphatic imine (C=N–C) groups is 1. The molecule has 0 spiro atoms. The number of carbonyl (C=O) groups excluding carboxylic acids is 2. The van der Waals surface area contributed by atoms with Crippen molar-refractivity contribution < 1.29 is 14.3 Å². The van der Waals surface area contributed by atoms with Crippen molar-refractivity contribution in [3.8, 4) is 0 Å². The molecule has 2 aromatic carbocycles. The predicted octanol–water partition coefficient (Wildman–Crippen LogP) is 3.01. The van der Waals surface area contributed by atoms with Crippen molar-refractivity contribution in [2.24, 2.45) is 10.9 Å². The average molecular weight is 548 g/mol. The van der Waals surface area contributed by atoms with Gasteiger partial charge in [-0.3, -0.25) is 19.5 Å². The fourth-order valence-corrected chi connectivity index (χ4v) is 4.13. The minimum Gasteiger partial charge on any atom is -0.376 e. The molecule has 2 aliphatic heterocycles. The molecule has 1 unspecified atom stereocenters. The Kier molecular flexibility index (Phi) is 8.63. The molecule has 4 rings (SSSR count). The van der Waals surface area contributed by atoms with Gasteiger partial charge in [0.1, 0.15) is 0 Å². The molecule has 2 heterocycles. The second kappa shape index (κ2) is 11.4. The average Bonchev–Trinajstić information content (AvgIpc) is 3.36. The van der Waals surface area contributed by atoms with E-state index < -0.39 is 0 Å². The van der Waals surface area contributed by atoms with Crippen LogP contribution in [0.1, 0.15) is 32.7 Å². The van der Waals surface area contributed by atoms with Crippen molar-refractivity contribution in [1.82, 2.24) is 15.1 Å². The standard InChI is InChI=1S/C24H28N4O3.HI/c1-25-24(26-12-14-28-22(29)20-9-5-6-10-21(20)23(28)30)27-13-11-19(15-27)17-31-16-18-7-3-2-4-8-18;/h2-10,19H,11-17H2,1H3,(H,25,26);1H. The largest absolute Gasteiger partial charge is 0.376 e. The summed E-state index contributed by atoms with van der Waals surface area (Å²) in [6.07, 6.45) is 1.05. The van der Waals surface area contributed by atoms with Gasteiger partial charge in [-0.2, -0.15) is 0 Å². The Morgan fingerprint density at radius 2 is 1.72 bits per heavy atom. The lowest BCUT2D eigenvalue weighted by Gasteiger charge is -2.23. The normalized spacial score (nSPS) is 18.0. The van der Waals surface area contributed by atoms with Gasteiger partial charge >= 0.3 is 0 Å². The first-order valence-corrected chi connectivity index (χ1v) is 10.7. The number of benzene rings is 2. The number of imide groups is 1. The molecule has 0 aromatic heterocycles. The predicted molar refractivity (Wildman–Crippen MR) is 134 cm³/mol. The van der Waals surface area contributed by atoms with Gasteiger partial charge in [0.2, 0.25) is 0 Å². The maximum atomic E-state index is 12.5. The zero-order valence-electron chi connectivity index (χ0n) is 18.2. The number of hydrogen-bond acceptors (Lipinski definition) is 4. The number of rotatable bonds is 7. The van der Waals surface area contributed by atoms with Crippen LogP contribution in [-0.4, -0.2) is 67.4 Å². The van der Waals surface area contributed by atoms with Crippen LogP contribution < -0.4 is 5.32 Å². The number of guanidine groups is 1. The lowest BCUT2D eigenvalue weighted by atomic mass is 10.1. The Balaban J connectivity index is 0.00000289. The molecule has 2 aliphatic rings. The first kappa shape index (κ1) is 24.2. The molecule has 0 radical (unpaired) electrons. The van der Waals surface area contributed by atoms with Gasteiger partial charge in [0.25, 0.3) is 11.8 Å².